The van der Waals surface area contributed by atoms with Crippen molar-refractivity contribution >= 4 is 51.4 Å². The fourth-order valence-electron chi connectivity index (χ4n) is 2.61. The lowest BCUT2D eigenvalue weighted by Gasteiger charge is -2.06. The van der Waals surface area contributed by atoms with Crippen LogP contribution < -0.4 is 5.32 Å². The average Bonchev–Trinajstić information content (AvgIpc) is 3.21. The molecule has 0 atom stereocenters. The Morgan fingerprint density at radius 3 is 2.68 bits per heavy atom. The van der Waals surface area contributed by atoms with Crippen molar-refractivity contribution in [2.45, 2.75) is 20.8 Å². The quantitative estimate of drug-likeness (QED) is 0.516. The van der Waals surface area contributed by atoms with Crippen LogP contribution in [0.1, 0.15) is 38.2 Å². The van der Waals surface area contributed by atoms with Gasteiger partial charge in [0.25, 0.3) is 5.91 Å². The normalized spacial score (nSPS) is 10.8. The van der Waals surface area contributed by atoms with Crippen LogP contribution in [-0.2, 0) is 4.74 Å². The van der Waals surface area contributed by atoms with Crippen molar-refractivity contribution in [3.63, 3.8) is 0 Å². The molecule has 0 radical (unpaired) electrons. The number of hydrogen-bond donors (Lipinski definition) is 2. The summed E-state index contributed by atoms with van der Waals surface area (Å²) < 4.78 is 5.11. The highest BCUT2D eigenvalue weighted by Crippen LogP contribution is 2.34. The second kappa shape index (κ2) is 8.34. The molecule has 0 bridgehead atoms. The Morgan fingerprint density at radius 2 is 2.00 bits per heavy atom. The lowest BCUT2D eigenvalue weighted by Crippen LogP contribution is -2.15. The topological polar surface area (TPSA) is 84.1 Å². The van der Waals surface area contributed by atoms with Crippen LogP contribution in [0.4, 0.5) is 5.00 Å². The van der Waals surface area contributed by atoms with E-state index in [1.807, 2.05) is 13.8 Å². The molecule has 0 spiro atoms. The maximum atomic E-state index is 12.7. The van der Waals surface area contributed by atoms with Gasteiger partial charge in [-0.15, -0.1) is 11.3 Å². The van der Waals surface area contributed by atoms with Gasteiger partial charge < -0.3 is 10.1 Å². The Kier molecular flexibility index (Phi) is 6.07. The monoisotopic (exact) mass is 437 g/mol. The van der Waals surface area contributed by atoms with Gasteiger partial charge in [-0.2, -0.15) is 5.10 Å². The number of nitrogens with one attached hydrogen (secondary N) is 2. The van der Waals surface area contributed by atoms with Crippen LogP contribution in [0, 0.1) is 13.8 Å². The number of carbonyl (C=O) groups excluding carboxylic acids is 2. The van der Waals surface area contributed by atoms with Crippen LogP contribution in [0.5, 0.6) is 0 Å². The van der Waals surface area contributed by atoms with Crippen molar-refractivity contribution in [3.8, 4) is 11.3 Å². The highest BCUT2D eigenvalue weighted by Gasteiger charge is 2.23. The fraction of sp³-hybridized carbons (Fsp3) is 0.211. The zero-order valence-electron chi connectivity index (χ0n) is 15.4. The molecule has 0 fully saturated rings. The minimum atomic E-state index is -0.460. The molecular formula is C19H17Cl2N3O3S. The molecule has 9 heteroatoms. The number of benzene rings is 1. The summed E-state index contributed by atoms with van der Waals surface area (Å²) in [6.45, 7) is 5.70. The van der Waals surface area contributed by atoms with Crippen LogP contribution in [0.2, 0.25) is 10.0 Å². The van der Waals surface area contributed by atoms with Crippen molar-refractivity contribution in [2.75, 3.05) is 11.9 Å². The van der Waals surface area contributed by atoms with Gasteiger partial charge in [-0.1, -0.05) is 23.2 Å². The number of esters is 1. The Morgan fingerprint density at radius 1 is 1.25 bits per heavy atom. The molecule has 1 aromatic carbocycles. The number of aromatic nitrogens is 2. The summed E-state index contributed by atoms with van der Waals surface area (Å²) in [6, 6.07) is 6.62. The number of H-pyrrole nitrogens is 1. The molecule has 0 aliphatic carbocycles. The molecule has 2 heterocycles. The first-order valence-electron chi connectivity index (χ1n) is 8.41. The molecule has 0 aliphatic rings. The highest BCUT2D eigenvalue weighted by molar-refractivity contribution is 7.16. The Labute approximate surface area is 175 Å². The molecule has 2 N–H and O–H groups in total. The van der Waals surface area contributed by atoms with Crippen LogP contribution in [0.25, 0.3) is 11.3 Å². The van der Waals surface area contributed by atoms with Gasteiger partial charge in [-0.3, -0.25) is 9.89 Å². The number of anilines is 1. The van der Waals surface area contributed by atoms with Gasteiger partial charge in [0, 0.05) is 15.5 Å². The number of ether oxygens (including phenoxy) is 1. The van der Waals surface area contributed by atoms with Crippen molar-refractivity contribution in [1.29, 1.82) is 0 Å². The second-order valence-corrected chi connectivity index (χ2v) is 8.02. The average molecular weight is 438 g/mol. The predicted molar refractivity (Wildman–Crippen MR) is 112 cm³/mol. The van der Waals surface area contributed by atoms with Gasteiger partial charge in [-0.05, 0) is 50.6 Å². The van der Waals surface area contributed by atoms with E-state index in [4.69, 9.17) is 27.9 Å². The first-order valence-corrected chi connectivity index (χ1v) is 9.98. The smallest absolute Gasteiger partial charge is 0.341 e. The molecule has 0 saturated carbocycles. The molecule has 0 unspecified atom stereocenters. The van der Waals surface area contributed by atoms with E-state index in [1.165, 1.54) is 11.3 Å². The number of nitrogens with zero attached hydrogens (tertiary/aromatic N) is 1. The van der Waals surface area contributed by atoms with Crippen molar-refractivity contribution in [3.05, 3.63) is 56.0 Å². The maximum Gasteiger partial charge on any atom is 0.341 e. The predicted octanol–water partition coefficient (Wildman–Crippen LogP) is 5.49. The molecule has 6 nitrogen and oxygen atoms in total. The van der Waals surface area contributed by atoms with Crippen LogP contribution in [-0.4, -0.2) is 28.7 Å². The van der Waals surface area contributed by atoms with Crippen molar-refractivity contribution in [2.24, 2.45) is 0 Å². The third kappa shape index (κ3) is 4.06. The van der Waals surface area contributed by atoms with Crippen molar-refractivity contribution in [1.82, 2.24) is 10.2 Å². The summed E-state index contributed by atoms with van der Waals surface area (Å²) in [7, 11) is 0. The SMILES string of the molecule is CCOC(=O)c1c(NC(=O)c2cc(-c3ccc(Cl)cc3Cl)n[nH]2)sc(C)c1C. The molecule has 0 aliphatic heterocycles. The summed E-state index contributed by atoms with van der Waals surface area (Å²) >= 11 is 13.4. The first kappa shape index (κ1) is 20.4. The lowest BCUT2D eigenvalue weighted by atomic mass is 10.1. The molecule has 2 aromatic heterocycles. The zero-order chi connectivity index (χ0) is 20.4. The van der Waals surface area contributed by atoms with Gasteiger partial charge >= 0.3 is 5.97 Å². The third-order valence-electron chi connectivity index (χ3n) is 4.12. The van der Waals surface area contributed by atoms with Crippen LogP contribution >= 0.6 is 34.5 Å². The van der Waals surface area contributed by atoms with E-state index in [0.29, 0.717) is 31.9 Å². The molecule has 1 amide bonds. The molecule has 3 aromatic rings. The number of thiophene rings is 1. The Hall–Kier alpha value is -2.35. The number of hydrogen-bond acceptors (Lipinski definition) is 5. The molecule has 0 saturated heterocycles. The number of carbonyl (C=O) groups is 2. The minimum absolute atomic E-state index is 0.236. The summed E-state index contributed by atoms with van der Waals surface area (Å²) in [5.41, 5.74) is 2.56. The molecule has 146 valence electrons. The maximum absolute atomic E-state index is 12.7. The van der Waals surface area contributed by atoms with E-state index in [-0.39, 0.29) is 12.3 Å². The number of aromatic amines is 1. The Bertz CT molecular complexity index is 1060. The van der Waals surface area contributed by atoms with Crippen LogP contribution in [0.15, 0.2) is 24.3 Å². The van der Waals surface area contributed by atoms with Gasteiger partial charge in [0.1, 0.15) is 10.7 Å². The zero-order valence-corrected chi connectivity index (χ0v) is 17.7. The van der Waals surface area contributed by atoms with E-state index in [0.717, 1.165) is 10.4 Å². The summed E-state index contributed by atoms with van der Waals surface area (Å²) in [4.78, 5) is 25.9. The molecule has 3 rings (SSSR count). The molecular weight excluding hydrogens is 421 g/mol. The summed E-state index contributed by atoms with van der Waals surface area (Å²) in [6.07, 6.45) is 0. The van der Waals surface area contributed by atoms with Gasteiger partial charge in [0.05, 0.1) is 22.9 Å². The third-order valence-corrected chi connectivity index (χ3v) is 5.79. The van der Waals surface area contributed by atoms with E-state index in [2.05, 4.69) is 15.5 Å². The summed E-state index contributed by atoms with van der Waals surface area (Å²) in [5.74, 6) is -0.881. The Balaban J connectivity index is 1.86. The lowest BCUT2D eigenvalue weighted by molar-refractivity contribution is 0.0527. The second-order valence-electron chi connectivity index (χ2n) is 5.95. The van der Waals surface area contributed by atoms with Crippen molar-refractivity contribution < 1.29 is 14.3 Å². The summed E-state index contributed by atoms with van der Waals surface area (Å²) in [5, 5.41) is 11.0. The number of rotatable bonds is 5. The first-order chi connectivity index (χ1) is 13.3. The van der Waals surface area contributed by atoms with E-state index >= 15 is 0 Å². The number of halogens is 2. The standard InChI is InChI=1S/C19H17Cl2N3O3S/c1-4-27-19(26)16-9(2)10(3)28-18(16)22-17(25)15-8-14(23-24-15)12-6-5-11(20)7-13(12)21/h5-8H,4H2,1-3H3,(H,22,25)(H,23,24). The van der Waals surface area contributed by atoms with E-state index in [1.54, 1.807) is 31.2 Å². The number of aryl methyl sites for hydroxylation is 1. The number of amides is 1. The van der Waals surface area contributed by atoms with E-state index in [9.17, 15) is 9.59 Å². The van der Waals surface area contributed by atoms with Gasteiger partial charge in [-0.25, -0.2) is 4.79 Å². The van der Waals surface area contributed by atoms with Crippen LogP contribution in [0.3, 0.4) is 0 Å². The van der Waals surface area contributed by atoms with Gasteiger partial charge in [0.15, 0.2) is 0 Å². The van der Waals surface area contributed by atoms with E-state index < -0.39 is 11.9 Å². The molecule has 28 heavy (non-hydrogen) atoms. The highest BCUT2D eigenvalue weighted by atomic mass is 35.5. The fourth-order valence-corrected chi connectivity index (χ4v) is 4.16. The largest absolute Gasteiger partial charge is 0.462 e. The van der Waals surface area contributed by atoms with Gasteiger partial charge in [0.2, 0.25) is 0 Å². The minimum Gasteiger partial charge on any atom is -0.462 e.